The van der Waals surface area contributed by atoms with Crippen molar-refractivity contribution in [2.75, 3.05) is 25.1 Å². The highest BCUT2D eigenvalue weighted by Crippen LogP contribution is 2.21. The van der Waals surface area contributed by atoms with Crippen LogP contribution in [-0.2, 0) is 4.74 Å². The third kappa shape index (κ3) is 3.44. The Bertz CT molecular complexity index is 416. The van der Waals surface area contributed by atoms with E-state index in [0.29, 0.717) is 5.92 Å². The number of anilines is 1. The zero-order valence-corrected chi connectivity index (χ0v) is 10.9. The number of aromatic carboxylic acids is 1. The van der Waals surface area contributed by atoms with Gasteiger partial charge in [-0.25, -0.2) is 4.79 Å². The van der Waals surface area contributed by atoms with E-state index < -0.39 is 5.97 Å². The fourth-order valence-corrected chi connectivity index (χ4v) is 2.31. The maximum absolute atomic E-state index is 10.9. The molecule has 1 aliphatic rings. The van der Waals surface area contributed by atoms with Crippen molar-refractivity contribution in [3.05, 3.63) is 28.2 Å². The van der Waals surface area contributed by atoms with Crippen LogP contribution in [0.3, 0.4) is 0 Å². The molecule has 92 valence electrons. The van der Waals surface area contributed by atoms with Crippen LogP contribution in [0.1, 0.15) is 16.8 Å². The minimum atomic E-state index is -0.918. The lowest BCUT2D eigenvalue weighted by atomic mass is 10.1. The van der Waals surface area contributed by atoms with Crippen LogP contribution in [0, 0.1) is 5.92 Å². The summed E-state index contributed by atoms with van der Waals surface area (Å²) in [5, 5.41) is 12.2. The summed E-state index contributed by atoms with van der Waals surface area (Å²) in [4.78, 5) is 10.9. The van der Waals surface area contributed by atoms with Crippen LogP contribution in [-0.4, -0.2) is 30.8 Å². The summed E-state index contributed by atoms with van der Waals surface area (Å²) in [5.41, 5.74) is 1.10. The molecule has 17 heavy (non-hydrogen) atoms. The van der Waals surface area contributed by atoms with Gasteiger partial charge in [0.2, 0.25) is 0 Å². The summed E-state index contributed by atoms with van der Waals surface area (Å²) in [7, 11) is 0. The molecule has 1 aromatic rings. The number of hydrogen-bond donors (Lipinski definition) is 2. The van der Waals surface area contributed by atoms with E-state index in [4.69, 9.17) is 9.84 Å². The van der Waals surface area contributed by atoms with Crippen molar-refractivity contribution in [1.29, 1.82) is 0 Å². The van der Waals surface area contributed by atoms with E-state index >= 15 is 0 Å². The summed E-state index contributed by atoms with van der Waals surface area (Å²) >= 11 is 3.31. The van der Waals surface area contributed by atoms with Crippen molar-refractivity contribution in [3.63, 3.8) is 0 Å². The van der Waals surface area contributed by atoms with Crippen molar-refractivity contribution in [1.82, 2.24) is 0 Å². The third-order valence-corrected chi connectivity index (χ3v) is 3.22. The number of rotatable bonds is 4. The van der Waals surface area contributed by atoms with Gasteiger partial charge in [0, 0.05) is 29.2 Å². The van der Waals surface area contributed by atoms with E-state index in [1.807, 2.05) is 6.07 Å². The predicted octanol–water partition coefficient (Wildman–Crippen LogP) is 2.60. The Hall–Kier alpha value is -1.07. The Morgan fingerprint density at radius 2 is 2.35 bits per heavy atom. The number of carbonyl (C=O) groups is 1. The molecule has 0 saturated carbocycles. The Morgan fingerprint density at radius 1 is 1.53 bits per heavy atom. The van der Waals surface area contributed by atoms with Gasteiger partial charge in [0.05, 0.1) is 12.2 Å². The molecule has 0 amide bonds. The second-order valence-electron chi connectivity index (χ2n) is 4.14. The van der Waals surface area contributed by atoms with Crippen LogP contribution in [0.2, 0.25) is 0 Å². The fourth-order valence-electron chi connectivity index (χ4n) is 1.82. The number of nitrogens with one attached hydrogen (secondary N) is 1. The largest absolute Gasteiger partial charge is 0.478 e. The number of ether oxygens (including phenoxy) is 1. The van der Waals surface area contributed by atoms with E-state index in [-0.39, 0.29) is 5.56 Å². The van der Waals surface area contributed by atoms with E-state index in [1.165, 1.54) is 0 Å². The number of benzene rings is 1. The molecule has 1 aliphatic heterocycles. The molecule has 1 aromatic carbocycles. The topological polar surface area (TPSA) is 58.6 Å². The van der Waals surface area contributed by atoms with Gasteiger partial charge in [-0.15, -0.1) is 0 Å². The van der Waals surface area contributed by atoms with Crippen LogP contribution < -0.4 is 5.32 Å². The summed E-state index contributed by atoms with van der Waals surface area (Å²) in [5.74, 6) is -0.402. The summed E-state index contributed by atoms with van der Waals surface area (Å²) in [6.07, 6.45) is 1.06. The first-order valence-corrected chi connectivity index (χ1v) is 6.30. The molecule has 0 aromatic heterocycles. The lowest BCUT2D eigenvalue weighted by Gasteiger charge is -2.11. The Morgan fingerprint density at radius 3 is 3.00 bits per heavy atom. The maximum Gasteiger partial charge on any atom is 0.335 e. The van der Waals surface area contributed by atoms with Crippen LogP contribution in [0.25, 0.3) is 0 Å². The number of halogens is 1. The Balaban J connectivity index is 2.01. The molecular formula is C12H14BrNO3. The molecule has 1 fully saturated rings. The van der Waals surface area contributed by atoms with Crippen LogP contribution >= 0.6 is 15.9 Å². The van der Waals surface area contributed by atoms with Gasteiger partial charge in [0.15, 0.2) is 0 Å². The zero-order chi connectivity index (χ0) is 12.3. The van der Waals surface area contributed by atoms with Gasteiger partial charge in [-0.05, 0) is 24.6 Å². The predicted molar refractivity (Wildman–Crippen MR) is 68.5 cm³/mol. The normalized spacial score (nSPS) is 19.2. The van der Waals surface area contributed by atoms with Crippen molar-refractivity contribution in [2.24, 2.45) is 5.92 Å². The molecule has 5 heteroatoms. The van der Waals surface area contributed by atoms with Gasteiger partial charge in [-0.2, -0.15) is 0 Å². The number of carboxylic acids is 1. The van der Waals surface area contributed by atoms with Gasteiger partial charge in [0.1, 0.15) is 0 Å². The van der Waals surface area contributed by atoms with E-state index in [9.17, 15) is 4.79 Å². The minimum absolute atomic E-state index is 0.282. The van der Waals surface area contributed by atoms with Crippen molar-refractivity contribution < 1.29 is 14.6 Å². The van der Waals surface area contributed by atoms with Gasteiger partial charge in [0.25, 0.3) is 0 Å². The van der Waals surface area contributed by atoms with E-state index in [0.717, 1.165) is 36.3 Å². The van der Waals surface area contributed by atoms with Crippen molar-refractivity contribution in [2.45, 2.75) is 6.42 Å². The van der Waals surface area contributed by atoms with Gasteiger partial charge < -0.3 is 15.2 Å². The highest BCUT2D eigenvalue weighted by atomic mass is 79.9. The van der Waals surface area contributed by atoms with Crippen molar-refractivity contribution in [3.8, 4) is 0 Å². The van der Waals surface area contributed by atoms with Crippen LogP contribution in [0.5, 0.6) is 0 Å². The lowest BCUT2D eigenvalue weighted by molar-refractivity contribution is 0.0697. The minimum Gasteiger partial charge on any atom is -0.478 e. The molecule has 1 unspecified atom stereocenters. The standard InChI is InChI=1S/C12H14BrNO3/c13-10-3-9(12(15)16)4-11(5-10)14-6-8-1-2-17-7-8/h3-5,8,14H,1-2,6-7H2,(H,15,16). The molecule has 0 spiro atoms. The molecule has 1 saturated heterocycles. The first-order chi connectivity index (χ1) is 8.15. The Labute approximate surface area is 108 Å². The Kier molecular flexibility index (Phi) is 4.02. The molecule has 2 N–H and O–H groups in total. The zero-order valence-electron chi connectivity index (χ0n) is 9.28. The van der Waals surface area contributed by atoms with Crippen molar-refractivity contribution >= 4 is 27.6 Å². The quantitative estimate of drug-likeness (QED) is 0.897. The molecule has 2 rings (SSSR count). The molecule has 0 aliphatic carbocycles. The summed E-state index contributed by atoms with van der Waals surface area (Å²) < 4.78 is 6.05. The van der Waals surface area contributed by atoms with Gasteiger partial charge in [-0.3, -0.25) is 0 Å². The number of carboxylic acid groups (broad SMARTS) is 1. The van der Waals surface area contributed by atoms with E-state index in [1.54, 1.807) is 12.1 Å². The van der Waals surface area contributed by atoms with E-state index in [2.05, 4.69) is 21.2 Å². The van der Waals surface area contributed by atoms with Gasteiger partial charge in [-0.1, -0.05) is 15.9 Å². The number of hydrogen-bond acceptors (Lipinski definition) is 3. The molecular weight excluding hydrogens is 286 g/mol. The highest BCUT2D eigenvalue weighted by Gasteiger charge is 2.15. The average Bonchev–Trinajstić information content (AvgIpc) is 2.78. The van der Waals surface area contributed by atoms with Crippen LogP contribution in [0.15, 0.2) is 22.7 Å². The SMILES string of the molecule is O=C(O)c1cc(Br)cc(NCC2CCOC2)c1. The summed E-state index contributed by atoms with van der Waals surface area (Å²) in [6.45, 7) is 2.42. The average molecular weight is 300 g/mol. The molecule has 4 nitrogen and oxygen atoms in total. The molecule has 0 radical (unpaired) electrons. The fraction of sp³-hybridized carbons (Fsp3) is 0.417. The molecule has 1 heterocycles. The first kappa shape index (κ1) is 12.4. The third-order valence-electron chi connectivity index (χ3n) is 2.76. The first-order valence-electron chi connectivity index (χ1n) is 5.50. The lowest BCUT2D eigenvalue weighted by Crippen LogP contribution is -2.14. The monoisotopic (exact) mass is 299 g/mol. The summed E-state index contributed by atoms with van der Waals surface area (Å²) in [6, 6.07) is 5.11. The van der Waals surface area contributed by atoms with Crippen LogP contribution in [0.4, 0.5) is 5.69 Å². The molecule has 1 atom stereocenters. The second kappa shape index (κ2) is 5.51. The highest BCUT2D eigenvalue weighted by molar-refractivity contribution is 9.10. The molecule has 0 bridgehead atoms. The van der Waals surface area contributed by atoms with Gasteiger partial charge >= 0.3 is 5.97 Å². The maximum atomic E-state index is 10.9. The second-order valence-corrected chi connectivity index (χ2v) is 5.06. The smallest absolute Gasteiger partial charge is 0.335 e.